The summed E-state index contributed by atoms with van der Waals surface area (Å²) in [4.78, 5) is 58.8. The van der Waals surface area contributed by atoms with E-state index in [1.54, 1.807) is 50.7 Å². The Balaban J connectivity index is 1.41. The summed E-state index contributed by atoms with van der Waals surface area (Å²) in [5, 5.41) is 5.66. The summed E-state index contributed by atoms with van der Waals surface area (Å²) >= 11 is 0. The molecule has 13 nitrogen and oxygen atoms in total. The SMILES string of the molecule is COc1ccc2cc1OCCCN(C(=O)c1cnc(-c3ccncc3)nc1)CC(=O)N[C@@H](C(C)C)C(=O)NCc1nc-2oc1C. The molecule has 0 unspecified atom stereocenters. The van der Waals surface area contributed by atoms with Crippen LogP contribution in [0.1, 0.15) is 42.1 Å². The van der Waals surface area contributed by atoms with Crippen LogP contribution in [0.5, 0.6) is 11.5 Å². The smallest absolute Gasteiger partial charge is 0.257 e. The van der Waals surface area contributed by atoms with Crippen molar-refractivity contribution in [3.05, 3.63) is 72.1 Å². The lowest BCUT2D eigenvalue weighted by molar-refractivity contribution is -0.130. The second-order valence-corrected chi connectivity index (χ2v) is 10.9. The van der Waals surface area contributed by atoms with E-state index in [1.165, 1.54) is 17.3 Å². The number of oxazole rings is 1. The second kappa shape index (κ2) is 14.0. The van der Waals surface area contributed by atoms with Crippen LogP contribution in [-0.2, 0) is 16.1 Å². The largest absolute Gasteiger partial charge is 0.493 e. The number of aryl methyl sites for hydroxylation is 1. The van der Waals surface area contributed by atoms with Gasteiger partial charge in [0.1, 0.15) is 17.5 Å². The Bertz CT molecular complexity index is 1660. The molecule has 0 saturated heterocycles. The van der Waals surface area contributed by atoms with E-state index in [9.17, 15) is 14.4 Å². The number of carbonyl (C=O) groups excluding carboxylic acids is 3. The summed E-state index contributed by atoms with van der Waals surface area (Å²) in [7, 11) is 1.54. The molecule has 234 valence electrons. The molecule has 3 amide bonds. The number of carbonyl (C=O) groups is 3. The molecule has 2 N–H and O–H groups in total. The van der Waals surface area contributed by atoms with Crippen molar-refractivity contribution in [3.8, 4) is 34.3 Å². The molecule has 3 aromatic heterocycles. The maximum atomic E-state index is 13.6. The number of benzene rings is 1. The maximum Gasteiger partial charge on any atom is 0.257 e. The van der Waals surface area contributed by atoms with Gasteiger partial charge in [-0.25, -0.2) is 15.0 Å². The number of hydrogen-bond acceptors (Lipinski definition) is 10. The number of ether oxygens (including phenoxy) is 2. The van der Waals surface area contributed by atoms with E-state index in [-0.39, 0.29) is 43.6 Å². The van der Waals surface area contributed by atoms with Crippen molar-refractivity contribution in [3.63, 3.8) is 0 Å². The van der Waals surface area contributed by atoms with Gasteiger partial charge >= 0.3 is 0 Å². The molecule has 0 fully saturated rings. The van der Waals surface area contributed by atoms with Crippen LogP contribution in [0.25, 0.3) is 22.8 Å². The molecule has 13 heteroatoms. The number of nitrogens with zero attached hydrogens (tertiary/aromatic N) is 5. The van der Waals surface area contributed by atoms with Gasteiger partial charge in [0.25, 0.3) is 5.91 Å². The third-order valence-corrected chi connectivity index (χ3v) is 7.29. The van der Waals surface area contributed by atoms with Crippen LogP contribution in [0.4, 0.5) is 0 Å². The highest BCUT2D eigenvalue weighted by Crippen LogP contribution is 2.33. The minimum absolute atomic E-state index is 0.104. The fourth-order valence-electron chi connectivity index (χ4n) is 4.81. The quantitative estimate of drug-likeness (QED) is 0.350. The van der Waals surface area contributed by atoms with Crippen LogP contribution in [0.3, 0.4) is 0 Å². The first kappa shape index (κ1) is 31.1. The molecule has 1 aliphatic rings. The van der Waals surface area contributed by atoms with Gasteiger partial charge in [-0.05, 0) is 49.6 Å². The van der Waals surface area contributed by atoms with Crippen LogP contribution in [-0.4, -0.2) is 75.4 Å². The zero-order valence-corrected chi connectivity index (χ0v) is 25.6. The highest BCUT2D eigenvalue weighted by Gasteiger charge is 2.27. The van der Waals surface area contributed by atoms with Crippen molar-refractivity contribution in [2.24, 2.45) is 5.92 Å². The average molecular weight is 614 g/mol. The lowest BCUT2D eigenvalue weighted by Crippen LogP contribution is -2.52. The lowest BCUT2D eigenvalue weighted by Gasteiger charge is -2.26. The van der Waals surface area contributed by atoms with Crippen molar-refractivity contribution in [2.75, 3.05) is 26.8 Å². The van der Waals surface area contributed by atoms with Gasteiger partial charge in [-0.3, -0.25) is 19.4 Å². The first-order valence-electron chi connectivity index (χ1n) is 14.6. The van der Waals surface area contributed by atoms with E-state index in [1.807, 2.05) is 19.9 Å². The van der Waals surface area contributed by atoms with Crippen LogP contribution in [0.2, 0.25) is 0 Å². The fraction of sp³-hybridized carbons (Fsp3) is 0.344. The lowest BCUT2D eigenvalue weighted by atomic mass is 10.0. The molecule has 0 spiro atoms. The summed E-state index contributed by atoms with van der Waals surface area (Å²) in [6.45, 7) is 5.65. The molecule has 1 atom stereocenters. The molecule has 0 radical (unpaired) electrons. The van der Waals surface area contributed by atoms with Gasteiger partial charge in [-0.2, -0.15) is 0 Å². The molecular weight excluding hydrogens is 578 g/mol. The number of aromatic nitrogens is 4. The molecule has 1 aliphatic heterocycles. The Morgan fingerprint density at radius 3 is 2.56 bits per heavy atom. The summed E-state index contributed by atoms with van der Waals surface area (Å²) < 4.78 is 17.4. The number of nitrogens with one attached hydrogen (secondary N) is 2. The van der Waals surface area contributed by atoms with Gasteiger partial charge in [0.05, 0.1) is 32.4 Å². The maximum absolute atomic E-state index is 13.6. The van der Waals surface area contributed by atoms with Gasteiger partial charge in [0.2, 0.25) is 17.7 Å². The minimum Gasteiger partial charge on any atom is -0.493 e. The molecule has 45 heavy (non-hydrogen) atoms. The number of methoxy groups -OCH3 is 1. The van der Waals surface area contributed by atoms with Gasteiger partial charge in [0.15, 0.2) is 17.3 Å². The minimum atomic E-state index is -0.838. The molecule has 4 bridgehead atoms. The van der Waals surface area contributed by atoms with E-state index in [0.29, 0.717) is 46.7 Å². The summed E-state index contributed by atoms with van der Waals surface area (Å²) in [5.74, 6) is 0.839. The zero-order chi connectivity index (χ0) is 31.9. The standard InChI is InChI=1S/C32H35N7O6/c1-19(2)28-30(41)36-17-24-20(3)45-31(37-24)22-6-7-25(43-4)26(14-22)44-13-5-12-39(18-27(40)38-28)32(42)23-15-34-29(35-16-23)21-8-10-33-11-9-21/h6-11,14-16,19,28H,5,12-13,17-18H2,1-4H3,(H,36,41)(H,38,40)/t28-/m0/s1. The topological polar surface area (TPSA) is 162 Å². The van der Waals surface area contributed by atoms with Crippen molar-refractivity contribution in [2.45, 2.75) is 39.8 Å². The van der Waals surface area contributed by atoms with Gasteiger partial charge in [-0.1, -0.05) is 13.8 Å². The van der Waals surface area contributed by atoms with Crippen LogP contribution in [0.15, 0.2) is 59.5 Å². The number of hydrogen-bond donors (Lipinski definition) is 2. The third kappa shape index (κ3) is 7.43. The normalized spacial score (nSPS) is 16.2. The average Bonchev–Trinajstić information content (AvgIpc) is 3.43. The molecule has 5 rings (SSSR count). The van der Waals surface area contributed by atoms with Gasteiger partial charge in [0, 0.05) is 42.5 Å². The highest BCUT2D eigenvalue weighted by atomic mass is 16.5. The van der Waals surface area contributed by atoms with Gasteiger partial charge < -0.3 is 29.4 Å². The first-order valence-corrected chi connectivity index (χ1v) is 14.6. The number of amides is 3. The van der Waals surface area contributed by atoms with E-state index < -0.39 is 17.9 Å². The van der Waals surface area contributed by atoms with Crippen molar-refractivity contribution in [1.82, 2.24) is 35.5 Å². The Morgan fingerprint density at radius 2 is 1.84 bits per heavy atom. The molecule has 4 aromatic rings. The summed E-state index contributed by atoms with van der Waals surface area (Å²) in [6.07, 6.45) is 6.52. The second-order valence-electron chi connectivity index (χ2n) is 10.9. The monoisotopic (exact) mass is 613 g/mol. The number of pyridine rings is 1. The van der Waals surface area contributed by atoms with Crippen LogP contribution in [0, 0.1) is 12.8 Å². The Morgan fingerprint density at radius 1 is 1.09 bits per heavy atom. The Hall–Kier alpha value is -5.33. The summed E-state index contributed by atoms with van der Waals surface area (Å²) in [6, 6.07) is 8.03. The van der Waals surface area contributed by atoms with E-state index in [0.717, 1.165) is 5.56 Å². The molecular formula is C32H35N7O6. The fourth-order valence-corrected chi connectivity index (χ4v) is 4.81. The van der Waals surface area contributed by atoms with Crippen molar-refractivity contribution < 1.29 is 28.3 Å². The molecule has 4 heterocycles. The third-order valence-electron chi connectivity index (χ3n) is 7.29. The molecule has 0 saturated carbocycles. The van der Waals surface area contributed by atoms with Crippen molar-refractivity contribution >= 4 is 17.7 Å². The Kier molecular flexibility index (Phi) is 9.66. The van der Waals surface area contributed by atoms with Crippen molar-refractivity contribution in [1.29, 1.82) is 0 Å². The Labute approximate surface area is 260 Å². The zero-order valence-electron chi connectivity index (χ0n) is 25.6. The van der Waals surface area contributed by atoms with E-state index in [2.05, 4.69) is 30.6 Å². The van der Waals surface area contributed by atoms with Crippen LogP contribution >= 0.6 is 0 Å². The molecule has 1 aromatic carbocycles. The first-order chi connectivity index (χ1) is 21.7. The predicted molar refractivity (Wildman–Crippen MR) is 163 cm³/mol. The summed E-state index contributed by atoms with van der Waals surface area (Å²) in [5.41, 5.74) is 2.20. The van der Waals surface area contributed by atoms with Crippen LogP contribution < -0.4 is 20.1 Å². The number of fused-ring (bicyclic) bond motifs is 5. The van der Waals surface area contributed by atoms with E-state index >= 15 is 0 Å². The highest BCUT2D eigenvalue weighted by molar-refractivity contribution is 5.97. The van der Waals surface area contributed by atoms with E-state index in [4.69, 9.17) is 13.9 Å². The number of rotatable bonds is 4. The predicted octanol–water partition coefficient (Wildman–Crippen LogP) is 3.19. The van der Waals surface area contributed by atoms with Gasteiger partial charge in [-0.15, -0.1) is 0 Å². The molecule has 0 aliphatic carbocycles.